The van der Waals surface area contributed by atoms with E-state index in [-0.39, 0.29) is 12.4 Å². The number of para-hydroxylation sites is 1. The number of rotatable bonds is 7. The van der Waals surface area contributed by atoms with Crippen molar-refractivity contribution in [1.82, 2.24) is 25.6 Å². The molecule has 35 heavy (non-hydrogen) atoms. The summed E-state index contributed by atoms with van der Waals surface area (Å²) in [6.45, 7) is -0.0391. The van der Waals surface area contributed by atoms with Gasteiger partial charge in [-0.05, 0) is 35.9 Å². The van der Waals surface area contributed by atoms with Gasteiger partial charge in [0.2, 0.25) is 5.82 Å². The molecule has 3 aromatic carbocycles. The Labute approximate surface area is 201 Å². The number of hydrogen-bond donors (Lipinski definition) is 2. The zero-order valence-corrected chi connectivity index (χ0v) is 18.5. The van der Waals surface area contributed by atoms with Gasteiger partial charge in [0.1, 0.15) is 11.8 Å². The van der Waals surface area contributed by atoms with Crippen molar-refractivity contribution in [3.05, 3.63) is 102 Å². The molecular weight excluding hydrogens is 444 g/mol. The lowest BCUT2D eigenvalue weighted by Crippen LogP contribution is -2.41. The molecule has 0 aliphatic carbocycles. The van der Waals surface area contributed by atoms with E-state index in [0.717, 1.165) is 16.8 Å². The first kappa shape index (κ1) is 22.9. The maximum absolute atomic E-state index is 12.7. The number of nitrogens with zero attached hydrogens (tertiary/aromatic N) is 4. The van der Waals surface area contributed by atoms with E-state index in [1.807, 2.05) is 66.7 Å². The minimum atomic E-state index is -0.655. The van der Waals surface area contributed by atoms with E-state index in [1.165, 1.54) is 6.08 Å². The van der Waals surface area contributed by atoms with Crippen LogP contribution in [0.15, 0.2) is 91.0 Å². The predicted molar refractivity (Wildman–Crippen MR) is 129 cm³/mol. The Morgan fingerprint density at radius 3 is 2.31 bits per heavy atom. The van der Waals surface area contributed by atoms with Crippen LogP contribution in [0.25, 0.3) is 23.2 Å². The number of nitriles is 1. The molecule has 0 aliphatic heterocycles. The molecule has 4 rings (SSSR count). The Kier molecular flexibility index (Phi) is 7.26. The van der Waals surface area contributed by atoms with Crippen molar-refractivity contribution in [3.63, 3.8) is 0 Å². The van der Waals surface area contributed by atoms with E-state index in [1.54, 1.807) is 35.0 Å². The molecule has 172 valence electrons. The van der Waals surface area contributed by atoms with Crippen LogP contribution < -0.4 is 15.6 Å². The Balaban J connectivity index is 1.42. The van der Waals surface area contributed by atoms with Gasteiger partial charge in [0.15, 0.2) is 12.4 Å². The number of ether oxygens (including phenoxy) is 1. The van der Waals surface area contributed by atoms with E-state index in [4.69, 9.17) is 10.00 Å². The van der Waals surface area contributed by atoms with Crippen LogP contribution in [0.2, 0.25) is 0 Å². The Morgan fingerprint density at radius 2 is 1.63 bits per heavy atom. The normalized spacial score (nSPS) is 10.5. The highest BCUT2D eigenvalue weighted by Gasteiger charge is 2.18. The molecule has 9 nitrogen and oxygen atoms in total. The van der Waals surface area contributed by atoms with Gasteiger partial charge in [0, 0.05) is 11.6 Å². The van der Waals surface area contributed by atoms with E-state index in [2.05, 4.69) is 20.9 Å². The van der Waals surface area contributed by atoms with Crippen LogP contribution in [0.1, 0.15) is 16.2 Å². The molecule has 0 saturated carbocycles. The van der Waals surface area contributed by atoms with Crippen molar-refractivity contribution in [2.45, 2.75) is 0 Å². The van der Waals surface area contributed by atoms with E-state index in [9.17, 15) is 9.59 Å². The molecule has 1 aromatic heterocycles. The average molecular weight is 464 g/mol. The SMILES string of the molecule is N#CCOc1ccc(/C=C/C(=O)NNC(=O)c2nc(-c3ccccc3)n(-c3ccccc3)n2)cc1. The van der Waals surface area contributed by atoms with Gasteiger partial charge in [-0.25, -0.2) is 9.67 Å². The van der Waals surface area contributed by atoms with E-state index in [0.29, 0.717) is 11.6 Å². The van der Waals surface area contributed by atoms with Crippen LogP contribution in [0, 0.1) is 11.3 Å². The Bertz CT molecular complexity index is 1320. The quantitative estimate of drug-likeness (QED) is 0.320. The molecular formula is C26H20N6O3. The maximum Gasteiger partial charge on any atom is 0.309 e. The number of amides is 2. The summed E-state index contributed by atoms with van der Waals surface area (Å²) in [6.07, 6.45) is 2.85. The number of benzene rings is 3. The molecule has 0 aliphatic rings. The largest absolute Gasteiger partial charge is 0.479 e. The number of carbonyl (C=O) groups is 2. The second-order valence-corrected chi connectivity index (χ2v) is 7.16. The zero-order valence-electron chi connectivity index (χ0n) is 18.5. The van der Waals surface area contributed by atoms with Crippen molar-refractivity contribution in [2.24, 2.45) is 0 Å². The molecule has 0 spiro atoms. The number of aromatic nitrogens is 3. The van der Waals surface area contributed by atoms with Crippen molar-refractivity contribution in [1.29, 1.82) is 5.26 Å². The molecule has 0 bridgehead atoms. The van der Waals surface area contributed by atoms with Crippen LogP contribution >= 0.6 is 0 Å². The van der Waals surface area contributed by atoms with Crippen molar-refractivity contribution >= 4 is 17.9 Å². The minimum absolute atomic E-state index is 0.0391. The molecule has 2 N–H and O–H groups in total. The summed E-state index contributed by atoms with van der Waals surface area (Å²) in [4.78, 5) is 29.2. The topological polar surface area (TPSA) is 122 Å². The Morgan fingerprint density at radius 1 is 0.943 bits per heavy atom. The summed E-state index contributed by atoms with van der Waals surface area (Å²) >= 11 is 0. The maximum atomic E-state index is 12.7. The van der Waals surface area contributed by atoms with Gasteiger partial charge in [0.05, 0.1) is 5.69 Å². The summed E-state index contributed by atoms with van der Waals surface area (Å²) in [5.74, 6) is -0.232. The van der Waals surface area contributed by atoms with Crippen LogP contribution in [0.4, 0.5) is 0 Å². The molecule has 2 amide bonds. The molecule has 0 radical (unpaired) electrons. The van der Waals surface area contributed by atoms with Crippen molar-refractivity contribution < 1.29 is 14.3 Å². The zero-order chi connectivity index (χ0) is 24.5. The minimum Gasteiger partial charge on any atom is -0.479 e. The number of nitrogens with one attached hydrogen (secondary N) is 2. The van der Waals surface area contributed by atoms with Gasteiger partial charge < -0.3 is 4.74 Å². The van der Waals surface area contributed by atoms with Crippen LogP contribution in [0.5, 0.6) is 5.75 Å². The monoisotopic (exact) mass is 464 g/mol. The molecule has 0 atom stereocenters. The highest BCUT2D eigenvalue weighted by Crippen LogP contribution is 2.21. The van der Waals surface area contributed by atoms with Gasteiger partial charge in [-0.1, -0.05) is 60.7 Å². The lowest BCUT2D eigenvalue weighted by atomic mass is 10.2. The third-order valence-electron chi connectivity index (χ3n) is 4.75. The van der Waals surface area contributed by atoms with Crippen LogP contribution in [-0.4, -0.2) is 33.2 Å². The molecule has 9 heteroatoms. The summed E-state index contributed by atoms with van der Waals surface area (Å²) in [7, 11) is 0. The van der Waals surface area contributed by atoms with Gasteiger partial charge in [-0.15, -0.1) is 5.10 Å². The third-order valence-corrected chi connectivity index (χ3v) is 4.75. The summed E-state index contributed by atoms with van der Waals surface area (Å²) in [6, 6.07) is 27.5. The fourth-order valence-corrected chi connectivity index (χ4v) is 3.11. The highest BCUT2D eigenvalue weighted by atomic mass is 16.5. The third kappa shape index (κ3) is 5.97. The average Bonchev–Trinajstić information content (AvgIpc) is 3.37. The van der Waals surface area contributed by atoms with Crippen molar-refractivity contribution in [3.8, 4) is 28.9 Å². The van der Waals surface area contributed by atoms with Crippen LogP contribution in [-0.2, 0) is 4.79 Å². The fraction of sp³-hybridized carbons (Fsp3) is 0.0385. The second kappa shape index (κ2) is 11.1. The second-order valence-electron chi connectivity index (χ2n) is 7.16. The number of hydrogen-bond acceptors (Lipinski definition) is 6. The Hall–Kier alpha value is -5.23. The standard InChI is InChI=1S/C26H20N6O3/c27-17-18-35-22-14-11-19(12-15-22)13-16-23(33)29-30-26(34)24-28-25(20-7-3-1-4-8-20)32(31-24)21-9-5-2-6-10-21/h1-16H,18H2,(H,29,33)(H,30,34)/b16-13+. The molecule has 0 unspecified atom stereocenters. The molecule has 0 fully saturated rings. The van der Waals surface area contributed by atoms with Gasteiger partial charge in [-0.3, -0.25) is 20.4 Å². The summed E-state index contributed by atoms with van der Waals surface area (Å²) in [5.41, 5.74) is 6.93. The lowest BCUT2D eigenvalue weighted by Gasteiger charge is -2.05. The van der Waals surface area contributed by atoms with Gasteiger partial charge in [-0.2, -0.15) is 5.26 Å². The molecule has 0 saturated heterocycles. The first-order valence-electron chi connectivity index (χ1n) is 10.6. The fourth-order valence-electron chi connectivity index (χ4n) is 3.11. The molecule has 1 heterocycles. The summed E-state index contributed by atoms with van der Waals surface area (Å²) < 4.78 is 6.76. The van der Waals surface area contributed by atoms with Gasteiger partial charge >= 0.3 is 5.91 Å². The van der Waals surface area contributed by atoms with E-state index >= 15 is 0 Å². The molecule has 4 aromatic rings. The number of carbonyl (C=O) groups excluding carboxylic acids is 2. The van der Waals surface area contributed by atoms with Crippen LogP contribution in [0.3, 0.4) is 0 Å². The van der Waals surface area contributed by atoms with Crippen molar-refractivity contribution in [2.75, 3.05) is 6.61 Å². The number of hydrazine groups is 1. The first-order valence-corrected chi connectivity index (χ1v) is 10.6. The highest BCUT2D eigenvalue weighted by molar-refractivity contribution is 5.96. The smallest absolute Gasteiger partial charge is 0.309 e. The summed E-state index contributed by atoms with van der Waals surface area (Å²) in [5, 5.41) is 12.9. The first-order chi connectivity index (χ1) is 17.1. The van der Waals surface area contributed by atoms with E-state index < -0.39 is 11.8 Å². The lowest BCUT2D eigenvalue weighted by molar-refractivity contribution is -0.117. The van der Waals surface area contributed by atoms with Gasteiger partial charge in [0.25, 0.3) is 5.91 Å². The predicted octanol–water partition coefficient (Wildman–Crippen LogP) is 3.31.